The normalized spacial score (nSPS) is 17.1. The van der Waals surface area contributed by atoms with Gasteiger partial charge in [0, 0.05) is 35.8 Å². The number of ether oxygens (including phenoxy) is 2. The lowest BCUT2D eigenvalue weighted by atomic mass is 9.91. The van der Waals surface area contributed by atoms with Crippen LogP contribution >= 0.6 is 0 Å². The topological polar surface area (TPSA) is 83.7 Å². The van der Waals surface area contributed by atoms with Crippen molar-refractivity contribution in [1.82, 2.24) is 15.2 Å². The van der Waals surface area contributed by atoms with E-state index >= 15 is 0 Å². The maximum Gasteiger partial charge on any atom is 0.230 e. The van der Waals surface area contributed by atoms with Crippen molar-refractivity contribution in [2.75, 3.05) is 20.8 Å². The van der Waals surface area contributed by atoms with Gasteiger partial charge in [0.05, 0.1) is 26.7 Å². The first-order valence-corrected chi connectivity index (χ1v) is 11.8. The molecule has 2 heterocycles. The molecule has 1 aliphatic carbocycles. The number of halogens is 1. The maximum atomic E-state index is 13.8. The van der Waals surface area contributed by atoms with Gasteiger partial charge in [-0.25, -0.2) is 4.39 Å². The van der Waals surface area contributed by atoms with Gasteiger partial charge in [-0.1, -0.05) is 0 Å². The largest absolute Gasteiger partial charge is 0.493 e. The van der Waals surface area contributed by atoms with E-state index in [1.807, 2.05) is 18.2 Å². The van der Waals surface area contributed by atoms with Crippen LogP contribution < -0.4 is 14.8 Å². The minimum atomic E-state index is -0.264. The summed E-state index contributed by atoms with van der Waals surface area (Å²) in [7, 11) is 3.14. The zero-order valence-electron chi connectivity index (χ0n) is 19.8. The summed E-state index contributed by atoms with van der Waals surface area (Å²) >= 11 is 0. The van der Waals surface area contributed by atoms with Gasteiger partial charge in [-0.2, -0.15) is 0 Å². The fourth-order valence-electron chi connectivity index (χ4n) is 5.03. The van der Waals surface area contributed by atoms with Gasteiger partial charge in [-0.3, -0.25) is 9.59 Å². The third-order valence-corrected chi connectivity index (χ3v) is 6.83. The molecule has 2 amide bonds. The number of nitrogens with one attached hydrogen (secondary N) is 2. The van der Waals surface area contributed by atoms with Gasteiger partial charge in [0.15, 0.2) is 11.5 Å². The van der Waals surface area contributed by atoms with Gasteiger partial charge in [0.1, 0.15) is 5.82 Å². The van der Waals surface area contributed by atoms with Gasteiger partial charge in [-0.15, -0.1) is 0 Å². The van der Waals surface area contributed by atoms with E-state index in [-0.39, 0.29) is 43.1 Å². The van der Waals surface area contributed by atoms with Crippen molar-refractivity contribution in [3.63, 3.8) is 0 Å². The number of hydrogen-bond donors (Lipinski definition) is 2. The highest BCUT2D eigenvalue weighted by Crippen LogP contribution is 2.35. The zero-order valence-corrected chi connectivity index (χ0v) is 19.8. The molecule has 0 fully saturated rings. The monoisotopic (exact) mass is 477 g/mol. The van der Waals surface area contributed by atoms with Crippen LogP contribution in [0.1, 0.15) is 47.7 Å². The van der Waals surface area contributed by atoms with E-state index in [2.05, 4.69) is 10.3 Å². The zero-order chi connectivity index (χ0) is 24.5. The molecule has 8 heteroatoms. The average Bonchev–Trinajstić information content (AvgIpc) is 3.15. The predicted octanol–water partition coefficient (Wildman–Crippen LogP) is 4.26. The molecule has 0 spiro atoms. The van der Waals surface area contributed by atoms with E-state index in [0.717, 1.165) is 52.5 Å². The number of carbonyl (C=O) groups excluding carboxylic acids is 2. The summed E-state index contributed by atoms with van der Waals surface area (Å²) < 4.78 is 24.5. The molecule has 2 N–H and O–H groups in total. The van der Waals surface area contributed by atoms with Crippen LogP contribution in [0.15, 0.2) is 36.5 Å². The summed E-state index contributed by atoms with van der Waals surface area (Å²) in [4.78, 5) is 30.6. The highest BCUT2D eigenvalue weighted by Gasteiger charge is 2.26. The first-order chi connectivity index (χ1) is 17.0. The Balaban J connectivity index is 1.25. The number of hydrogen-bond acceptors (Lipinski definition) is 4. The standard InChI is InChI=1S/C27H28FN3O4/c1-34-23-12-16-8-10-31(26(33)14-17(16)13-24(23)35-2)11-9-25(32)29-22-5-3-4-19-20-15-18(28)6-7-21(20)30-27(19)22/h6-8,10,12-13,15,22,30H,3-5,9,11,14H2,1-2H3,(H,29,32)/t22-/m0/s1. The molecule has 0 radical (unpaired) electrons. The van der Waals surface area contributed by atoms with Crippen LogP contribution in [0, 0.1) is 5.82 Å². The lowest BCUT2D eigenvalue weighted by Gasteiger charge is -2.24. The summed E-state index contributed by atoms with van der Waals surface area (Å²) in [5, 5.41) is 3.99. The lowest BCUT2D eigenvalue weighted by molar-refractivity contribution is -0.128. The second-order valence-electron chi connectivity index (χ2n) is 8.96. The van der Waals surface area contributed by atoms with E-state index in [1.54, 1.807) is 37.5 Å². The molecule has 0 bridgehead atoms. The number of aromatic amines is 1. The van der Waals surface area contributed by atoms with Crippen molar-refractivity contribution in [3.8, 4) is 11.5 Å². The fourth-order valence-corrected chi connectivity index (χ4v) is 5.03. The molecule has 5 rings (SSSR count). The second kappa shape index (κ2) is 9.44. The number of amides is 2. The van der Waals surface area contributed by atoms with E-state index < -0.39 is 0 Å². The van der Waals surface area contributed by atoms with Crippen LogP contribution in [0.5, 0.6) is 11.5 Å². The van der Waals surface area contributed by atoms with Crippen LogP contribution in [0.25, 0.3) is 17.0 Å². The second-order valence-corrected chi connectivity index (χ2v) is 8.96. The van der Waals surface area contributed by atoms with Crippen molar-refractivity contribution in [3.05, 3.63) is 64.7 Å². The smallest absolute Gasteiger partial charge is 0.230 e. The van der Waals surface area contributed by atoms with Gasteiger partial charge in [0.25, 0.3) is 0 Å². The van der Waals surface area contributed by atoms with Crippen molar-refractivity contribution in [1.29, 1.82) is 0 Å². The van der Waals surface area contributed by atoms with Gasteiger partial charge in [0.2, 0.25) is 11.8 Å². The molecule has 2 aromatic carbocycles. The quantitative estimate of drug-likeness (QED) is 0.556. The molecule has 0 unspecified atom stereocenters. The molecule has 1 aliphatic heterocycles. The lowest BCUT2D eigenvalue weighted by Crippen LogP contribution is -2.35. The summed E-state index contributed by atoms with van der Waals surface area (Å²) in [5.74, 6) is 0.700. The Labute approximate surface area is 202 Å². The van der Waals surface area contributed by atoms with Crippen LogP contribution in [-0.2, 0) is 22.4 Å². The van der Waals surface area contributed by atoms with E-state index in [4.69, 9.17) is 9.47 Å². The van der Waals surface area contributed by atoms with Crippen LogP contribution in [-0.4, -0.2) is 42.5 Å². The highest BCUT2D eigenvalue weighted by molar-refractivity contribution is 5.87. The number of methoxy groups -OCH3 is 2. The maximum absolute atomic E-state index is 13.8. The number of aromatic nitrogens is 1. The Kier molecular flexibility index (Phi) is 6.19. The number of aryl methyl sites for hydroxylation is 1. The number of carbonyl (C=O) groups is 2. The van der Waals surface area contributed by atoms with E-state index in [0.29, 0.717) is 11.5 Å². The molecule has 1 aromatic heterocycles. The highest BCUT2D eigenvalue weighted by atomic mass is 19.1. The number of H-pyrrole nitrogens is 1. The number of benzene rings is 2. The van der Waals surface area contributed by atoms with Crippen LogP contribution in [0.2, 0.25) is 0 Å². The van der Waals surface area contributed by atoms with Gasteiger partial charge < -0.3 is 24.7 Å². The predicted molar refractivity (Wildman–Crippen MR) is 131 cm³/mol. The number of rotatable bonds is 6. The Hall–Kier alpha value is -3.81. The molecule has 7 nitrogen and oxygen atoms in total. The molecular weight excluding hydrogens is 449 g/mol. The Morgan fingerprint density at radius 3 is 2.80 bits per heavy atom. The Morgan fingerprint density at radius 1 is 1.20 bits per heavy atom. The number of nitrogens with zero attached hydrogens (tertiary/aromatic N) is 1. The Bertz CT molecular complexity index is 1330. The first-order valence-electron chi connectivity index (χ1n) is 11.8. The number of fused-ring (bicyclic) bond motifs is 4. The molecule has 0 saturated heterocycles. The van der Waals surface area contributed by atoms with Crippen molar-refractivity contribution in [2.24, 2.45) is 0 Å². The molecule has 2 aliphatic rings. The molecule has 0 saturated carbocycles. The molecular formula is C27H28FN3O4. The SMILES string of the molecule is COc1cc2c(cc1OC)CC(=O)N(CCC(=O)N[C@H]1CCCc3c1[nH]c1ccc(F)cc31)C=C2. The summed E-state index contributed by atoms with van der Waals surface area (Å²) in [5.41, 5.74) is 4.64. The fraction of sp³-hybridized carbons (Fsp3) is 0.333. The summed E-state index contributed by atoms with van der Waals surface area (Å²) in [6.45, 7) is 0.279. The molecule has 182 valence electrons. The van der Waals surface area contributed by atoms with Gasteiger partial charge in [-0.05, 0) is 72.4 Å². The summed E-state index contributed by atoms with van der Waals surface area (Å²) in [6.07, 6.45) is 6.56. The minimum Gasteiger partial charge on any atom is -0.493 e. The summed E-state index contributed by atoms with van der Waals surface area (Å²) in [6, 6.07) is 8.24. The average molecular weight is 478 g/mol. The first kappa shape index (κ1) is 23.0. The van der Waals surface area contributed by atoms with E-state index in [9.17, 15) is 14.0 Å². The third-order valence-electron chi connectivity index (χ3n) is 6.83. The van der Waals surface area contributed by atoms with Crippen LogP contribution in [0.3, 0.4) is 0 Å². The Morgan fingerprint density at radius 2 is 2.00 bits per heavy atom. The molecule has 1 atom stereocenters. The van der Waals surface area contributed by atoms with Crippen molar-refractivity contribution < 1.29 is 23.5 Å². The molecule has 35 heavy (non-hydrogen) atoms. The minimum absolute atomic E-state index is 0.0855. The molecule has 3 aromatic rings. The van der Waals surface area contributed by atoms with Gasteiger partial charge >= 0.3 is 0 Å². The third kappa shape index (κ3) is 4.48. The van der Waals surface area contributed by atoms with Crippen molar-refractivity contribution >= 4 is 28.8 Å². The van der Waals surface area contributed by atoms with E-state index in [1.165, 1.54) is 6.07 Å². The van der Waals surface area contributed by atoms with Crippen LogP contribution in [0.4, 0.5) is 4.39 Å². The van der Waals surface area contributed by atoms with Crippen molar-refractivity contribution in [2.45, 2.75) is 38.1 Å².